The van der Waals surface area contributed by atoms with Gasteiger partial charge in [-0.05, 0) is 60.0 Å². The van der Waals surface area contributed by atoms with Gasteiger partial charge in [0.05, 0.1) is 0 Å². The van der Waals surface area contributed by atoms with Crippen LogP contribution >= 0.6 is 22.6 Å². The summed E-state index contributed by atoms with van der Waals surface area (Å²) in [5.74, 6) is 0.565. The number of rotatable bonds is 6. The van der Waals surface area contributed by atoms with E-state index in [1.807, 2.05) is 7.05 Å². The fourth-order valence-electron chi connectivity index (χ4n) is 2.13. The molecule has 1 aromatic rings. The molecule has 0 aromatic heterocycles. The van der Waals surface area contributed by atoms with Gasteiger partial charge in [-0.25, -0.2) is 0 Å². The normalized spacial score (nSPS) is 14.6. The van der Waals surface area contributed by atoms with Crippen molar-refractivity contribution in [2.75, 3.05) is 20.8 Å². The molecule has 0 bridgehead atoms. The molecule has 1 aromatic carbocycles. The summed E-state index contributed by atoms with van der Waals surface area (Å²) in [5, 5.41) is 3.43. The first kappa shape index (κ1) is 14.9. The van der Waals surface area contributed by atoms with Crippen molar-refractivity contribution in [3.63, 3.8) is 0 Å². The highest BCUT2D eigenvalue weighted by molar-refractivity contribution is 14.1. The van der Waals surface area contributed by atoms with Crippen LogP contribution < -0.4 is 5.32 Å². The third kappa shape index (κ3) is 3.93. The maximum Gasteiger partial charge on any atom is 0.0465 e. The van der Waals surface area contributed by atoms with Gasteiger partial charge in [0.1, 0.15) is 0 Å². The zero-order valence-corrected chi connectivity index (χ0v) is 13.2. The predicted octanol–water partition coefficient (Wildman–Crippen LogP) is 3.53. The summed E-state index contributed by atoms with van der Waals surface area (Å²) in [7, 11) is 3.80. The first-order valence-electron chi connectivity index (χ1n) is 6.03. The summed E-state index contributed by atoms with van der Waals surface area (Å²) < 4.78 is 6.54. The van der Waals surface area contributed by atoms with Gasteiger partial charge in [0.25, 0.3) is 0 Å². The molecule has 0 aliphatic rings. The number of nitrogens with one attached hydrogen (secondary N) is 1. The maximum absolute atomic E-state index is 5.17. The van der Waals surface area contributed by atoms with Crippen molar-refractivity contribution in [3.05, 3.63) is 32.9 Å². The average Bonchev–Trinajstić information content (AvgIpc) is 2.32. The Morgan fingerprint density at radius 2 is 2.12 bits per heavy atom. The zero-order valence-electron chi connectivity index (χ0n) is 11.1. The lowest BCUT2D eigenvalue weighted by Crippen LogP contribution is -2.25. The first-order valence-corrected chi connectivity index (χ1v) is 7.10. The lowest BCUT2D eigenvalue weighted by Gasteiger charge is -2.25. The van der Waals surface area contributed by atoms with Gasteiger partial charge >= 0.3 is 0 Å². The van der Waals surface area contributed by atoms with Gasteiger partial charge < -0.3 is 10.1 Å². The van der Waals surface area contributed by atoms with E-state index in [9.17, 15) is 0 Å². The predicted molar refractivity (Wildman–Crippen MR) is 81.4 cm³/mol. The zero-order chi connectivity index (χ0) is 12.8. The highest BCUT2D eigenvalue weighted by Gasteiger charge is 2.19. The van der Waals surface area contributed by atoms with E-state index in [-0.39, 0.29) is 0 Å². The molecule has 0 spiro atoms. The maximum atomic E-state index is 5.17. The molecule has 17 heavy (non-hydrogen) atoms. The monoisotopic (exact) mass is 347 g/mol. The Balaban J connectivity index is 2.89. The SMILES string of the molecule is CNC(c1cccc(C)c1I)C(C)CCOC. The Hall–Kier alpha value is -0.130. The second-order valence-corrected chi connectivity index (χ2v) is 5.58. The minimum absolute atomic E-state index is 0.400. The van der Waals surface area contributed by atoms with Crippen LogP contribution in [0.5, 0.6) is 0 Å². The van der Waals surface area contributed by atoms with E-state index in [2.05, 4.69) is 60.0 Å². The van der Waals surface area contributed by atoms with Crippen LogP contribution in [0.2, 0.25) is 0 Å². The van der Waals surface area contributed by atoms with Gasteiger partial charge in [-0.1, -0.05) is 25.1 Å². The van der Waals surface area contributed by atoms with Gasteiger partial charge in [0, 0.05) is 23.3 Å². The number of benzene rings is 1. The van der Waals surface area contributed by atoms with Crippen molar-refractivity contribution in [1.29, 1.82) is 0 Å². The fourth-order valence-corrected chi connectivity index (χ4v) is 2.82. The van der Waals surface area contributed by atoms with Crippen molar-refractivity contribution in [2.45, 2.75) is 26.3 Å². The average molecular weight is 347 g/mol. The summed E-state index contributed by atoms with van der Waals surface area (Å²) in [6.07, 6.45) is 1.08. The van der Waals surface area contributed by atoms with Gasteiger partial charge in [0.2, 0.25) is 0 Å². The van der Waals surface area contributed by atoms with Crippen molar-refractivity contribution in [3.8, 4) is 0 Å². The standard InChI is InChI=1S/C14H22INO/c1-10-6-5-7-12(13(10)15)14(16-3)11(2)8-9-17-4/h5-7,11,14,16H,8-9H2,1-4H3. The molecule has 0 saturated heterocycles. The number of aryl methyl sites for hydroxylation is 1. The molecule has 0 aliphatic heterocycles. The van der Waals surface area contributed by atoms with Gasteiger partial charge in [0.15, 0.2) is 0 Å². The van der Waals surface area contributed by atoms with Crippen molar-refractivity contribution in [2.24, 2.45) is 5.92 Å². The highest BCUT2D eigenvalue weighted by atomic mass is 127. The molecule has 0 amide bonds. The molecule has 96 valence electrons. The molecular weight excluding hydrogens is 325 g/mol. The van der Waals surface area contributed by atoms with Gasteiger partial charge in [-0.15, -0.1) is 0 Å². The van der Waals surface area contributed by atoms with Crippen LogP contribution in [-0.2, 0) is 4.74 Å². The molecule has 1 rings (SSSR count). The molecule has 0 aliphatic carbocycles. The van der Waals surface area contributed by atoms with Crippen LogP contribution in [-0.4, -0.2) is 20.8 Å². The van der Waals surface area contributed by atoms with E-state index in [1.54, 1.807) is 7.11 Å². The van der Waals surface area contributed by atoms with E-state index in [4.69, 9.17) is 4.74 Å². The van der Waals surface area contributed by atoms with Crippen LogP contribution in [0.15, 0.2) is 18.2 Å². The van der Waals surface area contributed by atoms with Crippen molar-refractivity contribution < 1.29 is 4.74 Å². The molecule has 2 unspecified atom stereocenters. The van der Waals surface area contributed by atoms with Crippen LogP contribution in [0.3, 0.4) is 0 Å². The minimum Gasteiger partial charge on any atom is -0.385 e. The van der Waals surface area contributed by atoms with Crippen LogP contribution in [0.25, 0.3) is 0 Å². The van der Waals surface area contributed by atoms with Gasteiger partial charge in [-0.2, -0.15) is 0 Å². The molecule has 3 heteroatoms. The number of ether oxygens (including phenoxy) is 1. The fraction of sp³-hybridized carbons (Fsp3) is 0.571. The Bertz CT molecular complexity index is 354. The van der Waals surface area contributed by atoms with E-state index in [1.165, 1.54) is 14.7 Å². The Kier molecular flexibility index (Phi) is 6.44. The largest absolute Gasteiger partial charge is 0.385 e. The molecule has 0 heterocycles. The smallest absolute Gasteiger partial charge is 0.0465 e. The van der Waals surface area contributed by atoms with Crippen molar-refractivity contribution in [1.82, 2.24) is 5.32 Å². The highest BCUT2D eigenvalue weighted by Crippen LogP contribution is 2.29. The third-order valence-electron chi connectivity index (χ3n) is 3.21. The van der Waals surface area contributed by atoms with E-state index in [0.717, 1.165) is 13.0 Å². The first-order chi connectivity index (χ1) is 8.11. The molecule has 1 N–H and O–H groups in total. The Morgan fingerprint density at radius 1 is 1.41 bits per heavy atom. The van der Waals surface area contributed by atoms with Gasteiger partial charge in [-0.3, -0.25) is 0 Å². The summed E-state index contributed by atoms with van der Waals surface area (Å²) in [6, 6.07) is 6.93. The molecule has 2 atom stereocenters. The summed E-state index contributed by atoms with van der Waals surface area (Å²) in [6.45, 7) is 5.26. The molecule has 2 nitrogen and oxygen atoms in total. The quantitative estimate of drug-likeness (QED) is 0.795. The number of hydrogen-bond acceptors (Lipinski definition) is 2. The second kappa shape index (κ2) is 7.34. The summed E-state index contributed by atoms with van der Waals surface area (Å²) in [5.41, 5.74) is 2.75. The minimum atomic E-state index is 0.400. The lowest BCUT2D eigenvalue weighted by molar-refractivity contribution is 0.171. The molecule has 0 saturated carbocycles. The summed E-state index contributed by atoms with van der Waals surface area (Å²) in [4.78, 5) is 0. The van der Waals surface area contributed by atoms with Crippen LogP contribution in [0.4, 0.5) is 0 Å². The van der Waals surface area contributed by atoms with Crippen LogP contribution in [0.1, 0.15) is 30.5 Å². The number of hydrogen-bond donors (Lipinski definition) is 1. The Morgan fingerprint density at radius 3 is 2.71 bits per heavy atom. The summed E-state index contributed by atoms with van der Waals surface area (Å²) >= 11 is 2.44. The number of methoxy groups -OCH3 is 1. The lowest BCUT2D eigenvalue weighted by atomic mass is 9.91. The van der Waals surface area contributed by atoms with E-state index >= 15 is 0 Å². The molecule has 0 radical (unpaired) electrons. The van der Waals surface area contributed by atoms with E-state index < -0.39 is 0 Å². The second-order valence-electron chi connectivity index (χ2n) is 4.50. The molecule has 0 fully saturated rings. The van der Waals surface area contributed by atoms with Crippen LogP contribution in [0, 0.1) is 16.4 Å². The van der Waals surface area contributed by atoms with Crippen molar-refractivity contribution >= 4 is 22.6 Å². The number of halogens is 1. The Labute approximate surface area is 118 Å². The van der Waals surface area contributed by atoms with E-state index in [0.29, 0.717) is 12.0 Å². The topological polar surface area (TPSA) is 21.3 Å². The molecular formula is C14H22INO. The third-order valence-corrected chi connectivity index (χ3v) is 4.69.